The molecule has 0 spiro atoms. The molecule has 2 aromatic carbocycles. The van der Waals surface area contributed by atoms with Crippen molar-refractivity contribution in [2.24, 2.45) is 0 Å². The molecule has 20 heavy (non-hydrogen) atoms. The van der Waals surface area contributed by atoms with Gasteiger partial charge in [-0.25, -0.2) is 0 Å². The van der Waals surface area contributed by atoms with Crippen molar-refractivity contribution < 1.29 is 28.4 Å². The predicted molar refractivity (Wildman–Crippen MR) is 80.3 cm³/mol. The molecule has 0 fully saturated rings. The number of carbonyl (C=O) groups excluding carboxylic acids is 1. The Morgan fingerprint density at radius 3 is 2.25 bits per heavy atom. The van der Waals surface area contributed by atoms with Crippen molar-refractivity contribution in [3.8, 4) is 5.75 Å². The van der Waals surface area contributed by atoms with Gasteiger partial charge in [0.2, 0.25) is 0 Å². The molecule has 0 saturated carbocycles. The van der Waals surface area contributed by atoms with Crippen LogP contribution in [0.2, 0.25) is 10.0 Å². The molecule has 98 valence electrons. The van der Waals surface area contributed by atoms with Crippen molar-refractivity contribution in [3.05, 3.63) is 58.1 Å². The van der Waals surface area contributed by atoms with Gasteiger partial charge in [0.15, 0.2) is 0 Å². The van der Waals surface area contributed by atoms with E-state index in [-0.39, 0.29) is 24.4 Å². The average molecular weight is 319 g/mol. The molecule has 0 aliphatic carbocycles. The van der Waals surface area contributed by atoms with Crippen LogP contribution >= 0.6 is 31.8 Å². The van der Waals surface area contributed by atoms with Crippen LogP contribution in [0, 0.1) is 0 Å². The number of halogens is 2. The van der Waals surface area contributed by atoms with Crippen molar-refractivity contribution in [1.82, 2.24) is 0 Å². The quantitative estimate of drug-likeness (QED) is 0.629. The minimum Gasteiger partial charge on any atom is -0.494 e. The topological polar surface area (TPSA) is 26.3 Å². The van der Waals surface area contributed by atoms with Crippen LogP contribution in [0.5, 0.6) is 5.75 Å². The summed E-state index contributed by atoms with van der Waals surface area (Å²) in [5.74, 6) is 0.322. The molecule has 0 aliphatic rings. The molecule has 0 saturated heterocycles. The molecule has 0 unspecified atom stereocenters. The largest absolute Gasteiger partial charge is 1.00 e. The van der Waals surface area contributed by atoms with Crippen molar-refractivity contribution in [2.45, 2.75) is 0 Å². The van der Waals surface area contributed by atoms with Crippen LogP contribution in [0.3, 0.4) is 0 Å². The Labute approximate surface area is 141 Å². The van der Waals surface area contributed by atoms with Gasteiger partial charge in [-0.3, -0.25) is 0 Å². The van der Waals surface area contributed by atoms with Gasteiger partial charge in [-0.05, 0) is 12.1 Å². The van der Waals surface area contributed by atoms with Crippen molar-refractivity contribution in [3.63, 3.8) is 0 Å². The van der Waals surface area contributed by atoms with Gasteiger partial charge in [-0.15, -0.1) is 0 Å². The third-order valence-corrected chi connectivity index (χ3v) is 4.06. The van der Waals surface area contributed by atoms with E-state index in [0.717, 1.165) is 5.30 Å². The van der Waals surface area contributed by atoms with E-state index in [2.05, 4.69) is 0 Å². The fourth-order valence-electron chi connectivity index (χ4n) is 1.61. The number of hydrogen-bond acceptors (Lipinski definition) is 2. The van der Waals surface area contributed by atoms with Gasteiger partial charge >= 0.3 is 18.9 Å². The average Bonchev–Trinajstić information content (AvgIpc) is 2.42. The van der Waals surface area contributed by atoms with E-state index in [1.54, 1.807) is 12.1 Å². The fraction of sp³-hybridized carbons (Fsp3) is 0.0714. The first-order valence-electron chi connectivity index (χ1n) is 5.46. The summed E-state index contributed by atoms with van der Waals surface area (Å²) in [4.78, 5) is 12.3. The van der Waals surface area contributed by atoms with Gasteiger partial charge < -0.3 is 18.1 Å². The van der Waals surface area contributed by atoms with E-state index < -0.39 is 0 Å². The van der Waals surface area contributed by atoms with E-state index in [0.29, 0.717) is 29.9 Å². The third kappa shape index (κ3) is 4.01. The van der Waals surface area contributed by atoms with E-state index >= 15 is 0 Å². The summed E-state index contributed by atoms with van der Waals surface area (Å²) in [5.41, 5.74) is 0.178. The Hall–Kier alpha value is -0.483. The molecule has 0 bridgehead atoms. The molecule has 2 aromatic rings. The van der Waals surface area contributed by atoms with E-state index in [4.69, 9.17) is 27.9 Å². The standard InChI is InChI=1S/C14H10Cl2O2P.Li/c1-18-13-11(16)8-7-10(15)12(13)14(17)19-9-5-3-2-4-6-9;/h2-8H,1H3;/q-1;+1. The maximum absolute atomic E-state index is 12.3. The van der Waals surface area contributed by atoms with E-state index in [9.17, 15) is 4.79 Å². The Morgan fingerprint density at radius 2 is 1.65 bits per heavy atom. The Morgan fingerprint density at radius 1 is 1.05 bits per heavy atom. The summed E-state index contributed by atoms with van der Waals surface area (Å²) in [7, 11) is 2.00. The zero-order valence-electron chi connectivity index (χ0n) is 11.1. The number of benzene rings is 2. The number of ether oxygens (including phenoxy) is 1. The third-order valence-electron chi connectivity index (χ3n) is 2.46. The number of rotatable bonds is 4. The summed E-state index contributed by atoms with van der Waals surface area (Å²) >= 11 is 12.1. The van der Waals surface area contributed by atoms with Gasteiger partial charge in [-0.1, -0.05) is 53.5 Å². The first kappa shape index (κ1) is 17.6. The van der Waals surface area contributed by atoms with E-state index in [1.807, 2.05) is 30.3 Å². The summed E-state index contributed by atoms with van der Waals surface area (Å²) in [6, 6.07) is 12.6. The molecule has 6 heteroatoms. The van der Waals surface area contributed by atoms with Gasteiger partial charge in [-0.2, -0.15) is 5.30 Å². The first-order valence-corrected chi connectivity index (χ1v) is 7.11. The van der Waals surface area contributed by atoms with Crippen LogP contribution in [0.1, 0.15) is 10.4 Å². The monoisotopic (exact) mass is 318 g/mol. The Kier molecular flexibility index (Phi) is 7.10. The minimum atomic E-state index is -0.143. The summed E-state index contributed by atoms with van der Waals surface area (Å²) < 4.78 is 5.17. The second-order valence-electron chi connectivity index (χ2n) is 3.69. The first-order chi connectivity index (χ1) is 9.13. The van der Waals surface area contributed by atoms with Gasteiger partial charge in [0.25, 0.3) is 0 Å². The van der Waals surface area contributed by atoms with Crippen molar-refractivity contribution in [2.75, 3.05) is 7.11 Å². The van der Waals surface area contributed by atoms with Crippen LogP contribution in [-0.4, -0.2) is 12.6 Å². The van der Waals surface area contributed by atoms with Gasteiger partial charge in [0.05, 0.1) is 17.2 Å². The molecule has 0 heterocycles. The zero-order chi connectivity index (χ0) is 13.8. The van der Waals surface area contributed by atoms with Gasteiger partial charge in [0.1, 0.15) is 5.75 Å². The van der Waals surface area contributed by atoms with Crippen LogP contribution < -0.4 is 28.9 Å². The van der Waals surface area contributed by atoms with Crippen LogP contribution in [-0.2, 0) is 0 Å². The second-order valence-corrected chi connectivity index (χ2v) is 5.65. The van der Waals surface area contributed by atoms with Crippen molar-refractivity contribution in [1.29, 1.82) is 0 Å². The van der Waals surface area contributed by atoms with Crippen LogP contribution in [0.15, 0.2) is 42.5 Å². The van der Waals surface area contributed by atoms with E-state index in [1.165, 1.54) is 7.11 Å². The summed E-state index contributed by atoms with van der Waals surface area (Å²) in [5, 5.41) is 1.61. The molecular formula is C14H10Cl2LiO2P. The number of carbonyl (C=O) groups is 1. The fourth-order valence-corrected chi connectivity index (χ4v) is 3.03. The van der Waals surface area contributed by atoms with Gasteiger partial charge in [0, 0.05) is 11.1 Å². The van der Waals surface area contributed by atoms with Crippen LogP contribution in [0.25, 0.3) is 0 Å². The molecule has 2 nitrogen and oxygen atoms in total. The normalized spacial score (nSPS) is 10.3. The molecular weight excluding hydrogens is 309 g/mol. The molecule has 0 amide bonds. The molecule has 0 atom stereocenters. The summed E-state index contributed by atoms with van der Waals surface area (Å²) in [6.07, 6.45) is 0. The maximum atomic E-state index is 12.3. The SMILES string of the molecule is COc1c(Cl)ccc(Cl)c1C(=O)[P-]c1ccccc1.[Li+]. The molecule has 2 rings (SSSR count). The molecule has 0 radical (unpaired) electrons. The van der Waals surface area contributed by atoms with Crippen molar-refractivity contribution >= 4 is 42.6 Å². The molecule has 0 aromatic heterocycles. The maximum Gasteiger partial charge on any atom is 1.00 e. The predicted octanol–water partition coefficient (Wildman–Crippen LogP) is 1.42. The Bertz CT molecular complexity index is 606. The Balaban J connectivity index is 0.00000200. The number of hydrogen-bond donors (Lipinski definition) is 0. The summed E-state index contributed by atoms with van der Waals surface area (Å²) in [6.45, 7) is 0. The smallest absolute Gasteiger partial charge is 0.494 e. The molecule has 0 aliphatic heterocycles. The molecule has 0 N–H and O–H groups in total. The second kappa shape index (κ2) is 8.08. The number of methoxy groups -OCH3 is 1. The zero-order valence-corrected chi connectivity index (χ0v) is 13.5. The van der Waals surface area contributed by atoms with Crippen LogP contribution in [0.4, 0.5) is 0 Å². The minimum absolute atomic E-state index is 0.